The normalized spacial score (nSPS) is 11.2. The third-order valence-electron chi connectivity index (χ3n) is 3.24. The number of halogens is 1. The van der Waals surface area contributed by atoms with Crippen molar-refractivity contribution in [2.75, 3.05) is 0 Å². The highest BCUT2D eigenvalue weighted by Crippen LogP contribution is 2.30. The summed E-state index contributed by atoms with van der Waals surface area (Å²) >= 11 is 9.11. The zero-order valence-corrected chi connectivity index (χ0v) is 14.2. The van der Waals surface area contributed by atoms with Crippen LogP contribution < -0.4 is 0 Å². The Morgan fingerprint density at radius 2 is 1.96 bits per heavy atom. The lowest BCUT2D eigenvalue weighted by atomic mass is 10.2. The molecule has 0 aliphatic rings. The van der Waals surface area contributed by atoms with Gasteiger partial charge >= 0.3 is 0 Å². The first kappa shape index (κ1) is 14.7. The van der Waals surface area contributed by atoms with Gasteiger partial charge in [-0.1, -0.05) is 23.4 Å². The predicted octanol–water partition coefficient (Wildman–Crippen LogP) is 5.29. The van der Waals surface area contributed by atoms with Gasteiger partial charge in [-0.25, -0.2) is 15.0 Å². The van der Waals surface area contributed by atoms with Crippen LogP contribution in [0.15, 0.2) is 57.7 Å². The van der Waals surface area contributed by atoms with E-state index < -0.39 is 0 Å². The first-order valence-corrected chi connectivity index (χ1v) is 9.05. The monoisotopic (exact) mass is 359 g/mol. The molecule has 0 amide bonds. The second-order valence-electron chi connectivity index (χ2n) is 4.73. The number of nitrogens with zero attached hydrogens (tertiary/aromatic N) is 3. The van der Waals surface area contributed by atoms with E-state index in [1.807, 2.05) is 35.7 Å². The molecule has 23 heavy (non-hydrogen) atoms. The minimum Gasteiger partial charge on any atom is -0.440 e. The molecule has 0 unspecified atom stereocenters. The van der Waals surface area contributed by atoms with Gasteiger partial charge in [0.2, 0.25) is 5.89 Å². The fraction of sp³-hybridized carbons (Fsp3) is 0.0625. The van der Waals surface area contributed by atoms with Gasteiger partial charge in [0.25, 0.3) is 0 Å². The second kappa shape index (κ2) is 6.31. The molecule has 4 nitrogen and oxygen atoms in total. The number of aromatic nitrogens is 3. The van der Waals surface area contributed by atoms with Gasteiger partial charge in [-0.05, 0) is 35.7 Å². The van der Waals surface area contributed by atoms with Crippen molar-refractivity contribution in [1.82, 2.24) is 15.0 Å². The molecule has 0 fully saturated rings. The summed E-state index contributed by atoms with van der Waals surface area (Å²) in [6, 6.07) is 9.54. The first-order chi connectivity index (χ1) is 11.3. The van der Waals surface area contributed by atoms with Gasteiger partial charge in [0, 0.05) is 16.0 Å². The maximum Gasteiger partial charge on any atom is 0.205 e. The lowest BCUT2D eigenvalue weighted by Crippen LogP contribution is -1.85. The minimum atomic E-state index is 0.621. The Balaban J connectivity index is 1.52. The minimum absolute atomic E-state index is 0.621. The molecular weight excluding hydrogens is 350 g/mol. The van der Waals surface area contributed by atoms with Crippen LogP contribution in [-0.2, 0) is 5.75 Å². The van der Waals surface area contributed by atoms with Gasteiger partial charge in [-0.15, -0.1) is 11.3 Å². The van der Waals surface area contributed by atoms with Crippen molar-refractivity contribution in [3.05, 3.63) is 59.1 Å². The fourth-order valence-electron chi connectivity index (χ4n) is 2.14. The number of oxazole rings is 1. The van der Waals surface area contributed by atoms with Gasteiger partial charge in [0.1, 0.15) is 16.2 Å². The fourth-order valence-corrected chi connectivity index (χ4v) is 3.90. The van der Waals surface area contributed by atoms with Crippen molar-refractivity contribution in [3.8, 4) is 11.3 Å². The van der Waals surface area contributed by atoms with Crippen molar-refractivity contribution < 1.29 is 4.42 Å². The molecule has 0 spiro atoms. The van der Waals surface area contributed by atoms with Gasteiger partial charge in [0.15, 0.2) is 5.76 Å². The summed E-state index contributed by atoms with van der Waals surface area (Å²) in [5.74, 6) is 2.03. The highest BCUT2D eigenvalue weighted by Gasteiger charge is 2.10. The van der Waals surface area contributed by atoms with Crippen LogP contribution in [0.2, 0.25) is 5.02 Å². The Bertz CT molecular complexity index is 949. The van der Waals surface area contributed by atoms with Crippen molar-refractivity contribution in [2.24, 2.45) is 0 Å². The maximum absolute atomic E-state index is 5.90. The second-order valence-corrected chi connectivity index (χ2v) is 7.03. The molecule has 7 heteroatoms. The smallest absolute Gasteiger partial charge is 0.205 e. The predicted molar refractivity (Wildman–Crippen MR) is 93.9 cm³/mol. The number of rotatable bonds is 4. The molecule has 0 aliphatic heterocycles. The van der Waals surface area contributed by atoms with E-state index in [4.69, 9.17) is 16.0 Å². The summed E-state index contributed by atoms with van der Waals surface area (Å²) in [6.07, 6.45) is 3.33. The molecule has 0 saturated carbocycles. The molecule has 0 atom stereocenters. The van der Waals surface area contributed by atoms with Crippen molar-refractivity contribution in [2.45, 2.75) is 10.8 Å². The van der Waals surface area contributed by atoms with Crippen molar-refractivity contribution in [1.29, 1.82) is 0 Å². The third kappa shape index (κ3) is 3.10. The van der Waals surface area contributed by atoms with Gasteiger partial charge in [-0.2, -0.15) is 0 Å². The van der Waals surface area contributed by atoms with Gasteiger partial charge in [-0.3, -0.25) is 0 Å². The largest absolute Gasteiger partial charge is 0.440 e. The van der Waals surface area contributed by atoms with Crippen LogP contribution in [0.3, 0.4) is 0 Å². The van der Waals surface area contributed by atoms with E-state index in [1.165, 1.54) is 0 Å². The Labute approximate surface area is 145 Å². The molecule has 114 valence electrons. The highest BCUT2D eigenvalue weighted by atomic mass is 35.5. The highest BCUT2D eigenvalue weighted by molar-refractivity contribution is 7.98. The van der Waals surface area contributed by atoms with Crippen molar-refractivity contribution in [3.63, 3.8) is 0 Å². The molecule has 3 aromatic heterocycles. The van der Waals surface area contributed by atoms with E-state index in [0.717, 1.165) is 26.6 Å². The van der Waals surface area contributed by atoms with Crippen LogP contribution in [0.4, 0.5) is 0 Å². The number of hydrogen-bond acceptors (Lipinski definition) is 6. The maximum atomic E-state index is 5.90. The molecular formula is C16H10ClN3OS2. The van der Waals surface area contributed by atoms with Gasteiger partial charge in [0.05, 0.1) is 11.9 Å². The van der Waals surface area contributed by atoms with E-state index in [9.17, 15) is 0 Å². The Morgan fingerprint density at radius 1 is 1.09 bits per heavy atom. The number of fused-ring (bicyclic) bond motifs is 1. The molecule has 0 radical (unpaired) electrons. The lowest BCUT2D eigenvalue weighted by molar-refractivity contribution is 0.530. The zero-order valence-electron chi connectivity index (χ0n) is 11.8. The lowest BCUT2D eigenvalue weighted by Gasteiger charge is -1.99. The molecule has 0 N–H and O–H groups in total. The summed E-state index contributed by atoms with van der Waals surface area (Å²) in [4.78, 5) is 13.9. The molecule has 0 bridgehead atoms. The van der Waals surface area contributed by atoms with Gasteiger partial charge < -0.3 is 4.42 Å². The van der Waals surface area contributed by atoms with E-state index in [0.29, 0.717) is 16.7 Å². The summed E-state index contributed by atoms with van der Waals surface area (Å²) < 4.78 is 5.81. The summed E-state index contributed by atoms with van der Waals surface area (Å²) in [5.41, 5.74) is 0.959. The number of thiophene rings is 1. The zero-order chi connectivity index (χ0) is 15.6. The topological polar surface area (TPSA) is 51.8 Å². The van der Waals surface area contributed by atoms with Crippen LogP contribution in [0.5, 0.6) is 0 Å². The third-order valence-corrected chi connectivity index (χ3v) is 5.30. The summed E-state index contributed by atoms with van der Waals surface area (Å²) in [7, 11) is 0. The van der Waals surface area contributed by atoms with E-state index in [-0.39, 0.29) is 0 Å². The molecule has 4 aromatic rings. The van der Waals surface area contributed by atoms with E-state index in [2.05, 4.69) is 15.0 Å². The summed E-state index contributed by atoms with van der Waals surface area (Å²) in [5, 5.41) is 4.75. The average Bonchev–Trinajstić information content (AvgIpc) is 3.23. The summed E-state index contributed by atoms with van der Waals surface area (Å²) in [6.45, 7) is 0. The van der Waals surface area contributed by atoms with E-state index in [1.54, 1.807) is 35.6 Å². The Kier molecular flexibility index (Phi) is 4.03. The van der Waals surface area contributed by atoms with Crippen LogP contribution in [0.1, 0.15) is 5.89 Å². The Hall–Kier alpha value is -1.89. The molecule has 1 aromatic carbocycles. The molecule has 0 saturated heterocycles. The number of benzene rings is 1. The Morgan fingerprint density at radius 3 is 2.83 bits per heavy atom. The van der Waals surface area contributed by atoms with E-state index >= 15 is 0 Å². The van der Waals surface area contributed by atoms with Crippen LogP contribution in [-0.4, -0.2) is 15.0 Å². The quantitative estimate of drug-likeness (QED) is 0.366. The molecule has 3 heterocycles. The van der Waals surface area contributed by atoms with Crippen LogP contribution >= 0.6 is 34.7 Å². The average molecular weight is 360 g/mol. The number of hydrogen-bond donors (Lipinski definition) is 0. The SMILES string of the molecule is Clc1ccc(-c2cnc(CSc3ncnc4sccc34)o2)cc1. The van der Waals surface area contributed by atoms with Crippen LogP contribution in [0.25, 0.3) is 21.5 Å². The molecule has 0 aliphatic carbocycles. The van der Waals surface area contributed by atoms with Crippen molar-refractivity contribution >= 4 is 44.9 Å². The molecule has 4 rings (SSSR count). The standard InChI is InChI=1S/C16H10ClN3OS2/c17-11-3-1-10(2-4-11)13-7-18-14(21-13)8-23-16-12-5-6-22-15(12)19-9-20-16/h1-7,9H,8H2. The number of thioether (sulfide) groups is 1. The first-order valence-electron chi connectivity index (χ1n) is 6.81. The van der Waals surface area contributed by atoms with Crippen LogP contribution in [0, 0.1) is 0 Å².